The predicted octanol–water partition coefficient (Wildman–Crippen LogP) is 4.12. The van der Waals surface area contributed by atoms with Gasteiger partial charge in [0.25, 0.3) is 0 Å². The highest BCUT2D eigenvalue weighted by molar-refractivity contribution is 9.10. The summed E-state index contributed by atoms with van der Waals surface area (Å²) < 4.78 is 14.4. The average molecular weight is 318 g/mol. The van der Waals surface area contributed by atoms with E-state index in [1.165, 1.54) is 24.3 Å². The molecular weight excluding hydrogens is 301 g/mol. The first kappa shape index (κ1) is 13.4. The molecule has 4 heteroatoms. The van der Waals surface area contributed by atoms with Gasteiger partial charge in [-0.3, -0.25) is 0 Å². The lowest BCUT2D eigenvalue weighted by Crippen LogP contribution is -2.19. The SMILES string of the molecule is NC(CC1CCSCC1)c1cccc(Br)c1F. The van der Waals surface area contributed by atoms with Crippen molar-refractivity contribution in [2.24, 2.45) is 11.7 Å². The first-order valence-electron chi connectivity index (χ1n) is 5.95. The number of benzene rings is 1. The lowest BCUT2D eigenvalue weighted by Gasteiger charge is -2.24. The molecule has 1 fully saturated rings. The molecule has 2 rings (SSSR count). The zero-order valence-corrected chi connectivity index (χ0v) is 12.1. The second-order valence-electron chi connectivity index (χ2n) is 4.54. The number of rotatable bonds is 3. The number of hydrogen-bond acceptors (Lipinski definition) is 2. The van der Waals surface area contributed by atoms with E-state index in [-0.39, 0.29) is 11.9 Å². The summed E-state index contributed by atoms with van der Waals surface area (Å²) >= 11 is 5.21. The summed E-state index contributed by atoms with van der Waals surface area (Å²) in [7, 11) is 0. The molecule has 94 valence electrons. The highest BCUT2D eigenvalue weighted by Gasteiger charge is 2.20. The maximum Gasteiger partial charge on any atom is 0.142 e. The van der Waals surface area contributed by atoms with Crippen LogP contribution in [-0.4, -0.2) is 11.5 Å². The zero-order chi connectivity index (χ0) is 12.3. The second-order valence-corrected chi connectivity index (χ2v) is 6.62. The van der Waals surface area contributed by atoms with Gasteiger partial charge in [0.15, 0.2) is 0 Å². The highest BCUT2D eigenvalue weighted by Crippen LogP contribution is 2.32. The quantitative estimate of drug-likeness (QED) is 0.907. The summed E-state index contributed by atoms with van der Waals surface area (Å²) in [6.45, 7) is 0. The molecule has 0 radical (unpaired) electrons. The summed E-state index contributed by atoms with van der Waals surface area (Å²) in [5, 5.41) is 0. The Morgan fingerprint density at radius 2 is 2.12 bits per heavy atom. The van der Waals surface area contributed by atoms with Crippen LogP contribution in [0.15, 0.2) is 22.7 Å². The summed E-state index contributed by atoms with van der Waals surface area (Å²) in [6.07, 6.45) is 3.33. The molecule has 0 bridgehead atoms. The summed E-state index contributed by atoms with van der Waals surface area (Å²) in [4.78, 5) is 0. The summed E-state index contributed by atoms with van der Waals surface area (Å²) in [6, 6.07) is 5.17. The lowest BCUT2D eigenvalue weighted by atomic mass is 9.91. The van der Waals surface area contributed by atoms with Crippen molar-refractivity contribution in [1.82, 2.24) is 0 Å². The molecule has 1 aliphatic heterocycles. The molecule has 1 aromatic rings. The Morgan fingerprint density at radius 1 is 1.41 bits per heavy atom. The minimum atomic E-state index is -0.204. The van der Waals surface area contributed by atoms with Crippen molar-refractivity contribution in [3.8, 4) is 0 Å². The topological polar surface area (TPSA) is 26.0 Å². The van der Waals surface area contributed by atoms with Gasteiger partial charge in [-0.25, -0.2) is 4.39 Å². The molecule has 0 spiro atoms. The third-order valence-electron chi connectivity index (χ3n) is 3.31. The van der Waals surface area contributed by atoms with Crippen molar-refractivity contribution in [3.05, 3.63) is 34.1 Å². The fraction of sp³-hybridized carbons (Fsp3) is 0.538. The summed E-state index contributed by atoms with van der Waals surface area (Å²) in [5.74, 6) is 2.89. The predicted molar refractivity (Wildman–Crippen MR) is 75.7 cm³/mol. The minimum Gasteiger partial charge on any atom is -0.324 e. The Morgan fingerprint density at radius 3 is 2.82 bits per heavy atom. The van der Waals surface area contributed by atoms with Crippen LogP contribution in [0.5, 0.6) is 0 Å². The Hall–Kier alpha value is -0.0600. The van der Waals surface area contributed by atoms with Crippen LogP contribution in [0.2, 0.25) is 0 Å². The van der Waals surface area contributed by atoms with E-state index < -0.39 is 0 Å². The number of hydrogen-bond donors (Lipinski definition) is 1. The normalized spacial score (nSPS) is 19.2. The lowest BCUT2D eigenvalue weighted by molar-refractivity contribution is 0.406. The van der Waals surface area contributed by atoms with E-state index in [0.29, 0.717) is 16.0 Å². The van der Waals surface area contributed by atoms with Crippen molar-refractivity contribution in [3.63, 3.8) is 0 Å². The molecule has 0 saturated carbocycles. The van der Waals surface area contributed by atoms with Gasteiger partial charge in [0.05, 0.1) is 4.47 Å². The minimum absolute atomic E-state index is 0.180. The van der Waals surface area contributed by atoms with Gasteiger partial charge in [-0.1, -0.05) is 12.1 Å². The van der Waals surface area contributed by atoms with E-state index in [1.54, 1.807) is 12.1 Å². The molecule has 0 aliphatic carbocycles. The molecule has 1 unspecified atom stereocenters. The molecule has 1 atom stereocenters. The fourth-order valence-corrected chi connectivity index (χ4v) is 3.86. The molecule has 2 N–H and O–H groups in total. The molecule has 0 amide bonds. The van der Waals surface area contributed by atoms with Crippen molar-refractivity contribution in [1.29, 1.82) is 0 Å². The fourth-order valence-electron chi connectivity index (χ4n) is 2.28. The maximum atomic E-state index is 13.9. The van der Waals surface area contributed by atoms with Crippen molar-refractivity contribution in [2.45, 2.75) is 25.3 Å². The molecule has 1 nitrogen and oxygen atoms in total. The van der Waals surface area contributed by atoms with Crippen molar-refractivity contribution in [2.75, 3.05) is 11.5 Å². The van der Waals surface area contributed by atoms with Crippen LogP contribution in [-0.2, 0) is 0 Å². The standard InChI is InChI=1S/C13H17BrFNS/c14-11-3-1-2-10(13(11)15)12(16)8-9-4-6-17-7-5-9/h1-3,9,12H,4-8,16H2. The zero-order valence-electron chi connectivity index (χ0n) is 9.66. The van der Waals surface area contributed by atoms with Crippen LogP contribution in [0.1, 0.15) is 30.9 Å². The number of thioether (sulfide) groups is 1. The van der Waals surface area contributed by atoms with Crippen LogP contribution >= 0.6 is 27.7 Å². The number of nitrogens with two attached hydrogens (primary N) is 1. The molecule has 1 aliphatic rings. The first-order chi connectivity index (χ1) is 8.18. The van der Waals surface area contributed by atoms with E-state index in [1.807, 2.05) is 17.8 Å². The van der Waals surface area contributed by atoms with Crippen molar-refractivity contribution < 1.29 is 4.39 Å². The molecule has 1 saturated heterocycles. The van der Waals surface area contributed by atoms with Gasteiger partial charge < -0.3 is 5.73 Å². The van der Waals surface area contributed by atoms with E-state index in [9.17, 15) is 4.39 Å². The largest absolute Gasteiger partial charge is 0.324 e. The average Bonchev–Trinajstić information content (AvgIpc) is 2.34. The van der Waals surface area contributed by atoms with Crippen LogP contribution in [0.25, 0.3) is 0 Å². The van der Waals surface area contributed by atoms with E-state index >= 15 is 0 Å². The Bertz CT molecular complexity index is 380. The monoisotopic (exact) mass is 317 g/mol. The molecule has 17 heavy (non-hydrogen) atoms. The molecule has 0 aromatic heterocycles. The van der Waals surface area contributed by atoms with E-state index in [4.69, 9.17) is 5.73 Å². The van der Waals surface area contributed by atoms with Crippen LogP contribution in [0.4, 0.5) is 4.39 Å². The van der Waals surface area contributed by atoms with E-state index in [2.05, 4.69) is 15.9 Å². The van der Waals surface area contributed by atoms with Crippen molar-refractivity contribution >= 4 is 27.7 Å². The van der Waals surface area contributed by atoms with Crippen LogP contribution < -0.4 is 5.73 Å². The van der Waals surface area contributed by atoms with Gasteiger partial charge in [-0.2, -0.15) is 11.8 Å². The van der Waals surface area contributed by atoms with Gasteiger partial charge in [0.1, 0.15) is 5.82 Å². The van der Waals surface area contributed by atoms with Gasteiger partial charge in [0, 0.05) is 11.6 Å². The van der Waals surface area contributed by atoms with Gasteiger partial charge in [0.2, 0.25) is 0 Å². The third kappa shape index (κ3) is 3.46. The summed E-state index contributed by atoms with van der Waals surface area (Å²) in [5.41, 5.74) is 6.76. The molecular formula is C13H17BrFNS. The van der Waals surface area contributed by atoms with Crippen LogP contribution in [0, 0.1) is 11.7 Å². The van der Waals surface area contributed by atoms with Crippen LogP contribution in [0.3, 0.4) is 0 Å². The maximum absolute atomic E-state index is 13.9. The van der Waals surface area contributed by atoms with E-state index in [0.717, 1.165) is 6.42 Å². The number of halogens is 2. The highest BCUT2D eigenvalue weighted by atomic mass is 79.9. The Balaban J connectivity index is 2.03. The Kier molecular flexibility index (Phi) is 4.88. The smallest absolute Gasteiger partial charge is 0.142 e. The first-order valence-corrected chi connectivity index (χ1v) is 7.90. The third-order valence-corrected chi connectivity index (χ3v) is 4.97. The molecule has 1 heterocycles. The van der Waals surface area contributed by atoms with Gasteiger partial charge >= 0.3 is 0 Å². The Labute approximate surface area is 114 Å². The second kappa shape index (κ2) is 6.21. The van der Waals surface area contributed by atoms with Gasteiger partial charge in [-0.15, -0.1) is 0 Å². The molecule has 1 aromatic carbocycles. The van der Waals surface area contributed by atoms with Gasteiger partial charge in [-0.05, 0) is 58.7 Å².